The first-order chi connectivity index (χ1) is 7.22. The van der Waals surface area contributed by atoms with Crippen molar-refractivity contribution in [1.82, 2.24) is 4.90 Å². The van der Waals surface area contributed by atoms with Crippen molar-refractivity contribution in [1.29, 1.82) is 0 Å². The molecule has 0 spiro atoms. The zero-order valence-corrected chi connectivity index (χ0v) is 10.3. The lowest BCUT2D eigenvalue weighted by atomic mass is 10.0. The number of carbonyl (C=O) groups is 1. The Kier molecular flexibility index (Phi) is 6.10. The molecule has 88 valence electrons. The van der Waals surface area contributed by atoms with E-state index in [-0.39, 0.29) is 0 Å². The lowest BCUT2D eigenvalue weighted by molar-refractivity contribution is -0.137. The van der Waals surface area contributed by atoms with Gasteiger partial charge in [-0.15, -0.1) is 0 Å². The molecule has 4 heteroatoms. The van der Waals surface area contributed by atoms with E-state index < -0.39 is 5.97 Å². The van der Waals surface area contributed by atoms with Gasteiger partial charge in [0, 0.05) is 25.3 Å². The Hall–Kier alpha value is -0.220. The van der Waals surface area contributed by atoms with E-state index in [1.54, 1.807) is 0 Å². The van der Waals surface area contributed by atoms with E-state index in [0.717, 1.165) is 19.5 Å². The van der Waals surface area contributed by atoms with Gasteiger partial charge < -0.3 is 10.0 Å². The predicted molar refractivity (Wildman–Crippen MR) is 64.4 cm³/mol. The van der Waals surface area contributed by atoms with Gasteiger partial charge in [0.25, 0.3) is 0 Å². The summed E-state index contributed by atoms with van der Waals surface area (Å²) in [6, 6.07) is 0. The van der Waals surface area contributed by atoms with Crippen LogP contribution in [0.3, 0.4) is 0 Å². The molecule has 0 bridgehead atoms. The first-order valence-corrected chi connectivity index (χ1v) is 6.89. The molecule has 1 atom stereocenters. The smallest absolute Gasteiger partial charge is 0.303 e. The second kappa shape index (κ2) is 7.12. The molecule has 15 heavy (non-hydrogen) atoms. The number of hydrogen-bond acceptors (Lipinski definition) is 3. The molecule has 1 fully saturated rings. The van der Waals surface area contributed by atoms with Gasteiger partial charge >= 0.3 is 5.97 Å². The number of rotatable bonds is 7. The number of likely N-dealkylation sites (tertiary alicyclic amines) is 1. The molecular weight excluding hydrogens is 210 g/mol. The molecule has 1 heterocycles. The summed E-state index contributed by atoms with van der Waals surface area (Å²) in [4.78, 5) is 12.9. The average molecular weight is 231 g/mol. The second-order valence-electron chi connectivity index (χ2n) is 4.08. The highest BCUT2D eigenvalue weighted by atomic mass is 32.2. The van der Waals surface area contributed by atoms with Gasteiger partial charge in [0.2, 0.25) is 0 Å². The van der Waals surface area contributed by atoms with Crippen molar-refractivity contribution in [3.63, 3.8) is 0 Å². The van der Waals surface area contributed by atoms with Crippen molar-refractivity contribution in [2.24, 2.45) is 5.92 Å². The van der Waals surface area contributed by atoms with Crippen molar-refractivity contribution in [2.45, 2.75) is 26.2 Å². The highest BCUT2D eigenvalue weighted by Crippen LogP contribution is 2.21. The number of carboxylic acids is 1. The molecule has 1 aliphatic rings. The monoisotopic (exact) mass is 231 g/mol. The summed E-state index contributed by atoms with van der Waals surface area (Å²) in [5.41, 5.74) is 0. The highest BCUT2D eigenvalue weighted by Gasteiger charge is 2.22. The van der Waals surface area contributed by atoms with E-state index in [1.807, 2.05) is 11.8 Å². The third-order valence-electron chi connectivity index (χ3n) is 2.89. The number of hydrogen-bond donors (Lipinski definition) is 1. The summed E-state index contributed by atoms with van der Waals surface area (Å²) in [6.07, 6.45) is 2.37. The van der Waals surface area contributed by atoms with E-state index in [4.69, 9.17) is 5.11 Å². The summed E-state index contributed by atoms with van der Waals surface area (Å²) in [5, 5.41) is 8.60. The van der Waals surface area contributed by atoms with Crippen LogP contribution in [0.4, 0.5) is 0 Å². The molecule has 0 radical (unpaired) electrons. The van der Waals surface area contributed by atoms with E-state index in [9.17, 15) is 4.79 Å². The number of nitrogens with zero attached hydrogens (tertiary/aromatic N) is 1. The van der Waals surface area contributed by atoms with Crippen molar-refractivity contribution in [3.05, 3.63) is 0 Å². The Balaban J connectivity index is 2.07. The van der Waals surface area contributed by atoms with Crippen molar-refractivity contribution >= 4 is 17.7 Å². The molecule has 1 unspecified atom stereocenters. The van der Waals surface area contributed by atoms with Gasteiger partial charge in [0.05, 0.1) is 0 Å². The van der Waals surface area contributed by atoms with Gasteiger partial charge in [0.1, 0.15) is 0 Å². The third kappa shape index (κ3) is 5.42. The summed E-state index contributed by atoms with van der Waals surface area (Å²) < 4.78 is 0. The second-order valence-corrected chi connectivity index (χ2v) is 5.48. The van der Waals surface area contributed by atoms with Crippen LogP contribution in [-0.4, -0.2) is 47.1 Å². The molecule has 0 aromatic rings. The zero-order chi connectivity index (χ0) is 11.1. The maximum atomic E-state index is 10.4. The van der Waals surface area contributed by atoms with E-state index in [2.05, 4.69) is 11.8 Å². The average Bonchev–Trinajstić information content (AvgIpc) is 2.63. The SMILES string of the molecule is CCSCCN1CCC(CCC(=O)O)C1. The Morgan fingerprint density at radius 1 is 1.60 bits per heavy atom. The quantitative estimate of drug-likeness (QED) is 0.680. The maximum Gasteiger partial charge on any atom is 0.303 e. The van der Waals surface area contributed by atoms with Crippen LogP contribution in [-0.2, 0) is 4.79 Å². The van der Waals surface area contributed by atoms with Crippen molar-refractivity contribution in [3.8, 4) is 0 Å². The van der Waals surface area contributed by atoms with Crippen LogP contribution >= 0.6 is 11.8 Å². The summed E-state index contributed by atoms with van der Waals surface area (Å²) in [7, 11) is 0. The number of thioether (sulfide) groups is 1. The fourth-order valence-electron chi connectivity index (χ4n) is 2.02. The van der Waals surface area contributed by atoms with E-state index in [1.165, 1.54) is 24.5 Å². The minimum atomic E-state index is -0.657. The van der Waals surface area contributed by atoms with Crippen LogP contribution in [0.1, 0.15) is 26.2 Å². The van der Waals surface area contributed by atoms with Crippen LogP contribution in [0.15, 0.2) is 0 Å². The minimum absolute atomic E-state index is 0.336. The summed E-state index contributed by atoms with van der Waals surface area (Å²) >= 11 is 1.98. The molecule has 0 amide bonds. The standard InChI is InChI=1S/C11H21NO2S/c1-2-15-8-7-12-6-5-10(9-12)3-4-11(13)14/h10H,2-9H2,1H3,(H,13,14). The fraction of sp³-hybridized carbons (Fsp3) is 0.909. The Morgan fingerprint density at radius 3 is 3.07 bits per heavy atom. The molecule has 1 saturated heterocycles. The maximum absolute atomic E-state index is 10.4. The first kappa shape index (κ1) is 12.8. The Bertz CT molecular complexity index is 199. The molecule has 1 aliphatic heterocycles. The van der Waals surface area contributed by atoms with Crippen LogP contribution in [0.2, 0.25) is 0 Å². The van der Waals surface area contributed by atoms with Crippen LogP contribution in [0, 0.1) is 5.92 Å². The van der Waals surface area contributed by atoms with Crippen LogP contribution < -0.4 is 0 Å². The van der Waals surface area contributed by atoms with Crippen LogP contribution in [0.25, 0.3) is 0 Å². The molecule has 3 nitrogen and oxygen atoms in total. The highest BCUT2D eigenvalue weighted by molar-refractivity contribution is 7.99. The Morgan fingerprint density at radius 2 is 2.40 bits per heavy atom. The lowest BCUT2D eigenvalue weighted by Crippen LogP contribution is -2.23. The van der Waals surface area contributed by atoms with Crippen molar-refractivity contribution in [2.75, 3.05) is 31.1 Å². The van der Waals surface area contributed by atoms with Crippen LogP contribution in [0.5, 0.6) is 0 Å². The third-order valence-corrected chi connectivity index (χ3v) is 3.77. The van der Waals surface area contributed by atoms with Gasteiger partial charge in [-0.25, -0.2) is 0 Å². The van der Waals surface area contributed by atoms with E-state index in [0.29, 0.717) is 12.3 Å². The molecule has 0 aliphatic carbocycles. The molecule has 0 aromatic carbocycles. The molecule has 1 N–H and O–H groups in total. The number of carboxylic acid groups (broad SMARTS) is 1. The summed E-state index contributed by atoms with van der Waals surface area (Å²) in [6.45, 7) is 5.62. The first-order valence-electron chi connectivity index (χ1n) is 5.74. The predicted octanol–water partition coefficient (Wildman–Crippen LogP) is 1.93. The zero-order valence-electron chi connectivity index (χ0n) is 9.45. The van der Waals surface area contributed by atoms with Gasteiger partial charge in [-0.2, -0.15) is 11.8 Å². The van der Waals surface area contributed by atoms with Gasteiger partial charge in [0.15, 0.2) is 0 Å². The molecule has 1 rings (SSSR count). The lowest BCUT2D eigenvalue weighted by Gasteiger charge is -2.14. The topological polar surface area (TPSA) is 40.5 Å². The van der Waals surface area contributed by atoms with Gasteiger partial charge in [-0.3, -0.25) is 4.79 Å². The summed E-state index contributed by atoms with van der Waals surface area (Å²) in [5.74, 6) is 2.36. The largest absolute Gasteiger partial charge is 0.481 e. The van der Waals surface area contributed by atoms with Gasteiger partial charge in [-0.05, 0) is 31.1 Å². The molecule has 0 saturated carbocycles. The molecule has 0 aromatic heterocycles. The fourth-order valence-corrected chi connectivity index (χ4v) is 2.69. The number of aliphatic carboxylic acids is 1. The normalized spacial score (nSPS) is 22.1. The molecular formula is C11H21NO2S. The van der Waals surface area contributed by atoms with E-state index >= 15 is 0 Å². The minimum Gasteiger partial charge on any atom is -0.481 e. The Labute approximate surface area is 96.2 Å². The van der Waals surface area contributed by atoms with Gasteiger partial charge in [-0.1, -0.05) is 6.92 Å². The van der Waals surface area contributed by atoms with Crippen molar-refractivity contribution < 1.29 is 9.90 Å².